The van der Waals surface area contributed by atoms with Crippen molar-refractivity contribution in [2.45, 2.75) is 0 Å². The van der Waals surface area contributed by atoms with Gasteiger partial charge >= 0.3 is 0 Å². The number of aliphatic imine (C=N–C) groups is 1. The molecule has 44 heavy (non-hydrogen) atoms. The van der Waals surface area contributed by atoms with Crippen LogP contribution in [0.3, 0.4) is 0 Å². The van der Waals surface area contributed by atoms with Crippen LogP contribution in [0.4, 0.5) is 5.69 Å². The van der Waals surface area contributed by atoms with E-state index in [1.165, 1.54) is 37.9 Å². The first-order valence-corrected chi connectivity index (χ1v) is 14.9. The van der Waals surface area contributed by atoms with Crippen molar-refractivity contribution in [1.82, 2.24) is 4.98 Å². The summed E-state index contributed by atoms with van der Waals surface area (Å²) in [5, 5.41) is 7.30. The molecule has 0 unspecified atom stereocenters. The monoisotopic (exact) mass is 560 g/mol. The van der Waals surface area contributed by atoms with Crippen molar-refractivity contribution < 1.29 is 0 Å². The van der Waals surface area contributed by atoms with Crippen LogP contribution in [0.25, 0.3) is 65.7 Å². The molecule has 0 aliphatic rings. The fraction of sp³-hybridized carbons (Fsp3) is 0. The zero-order valence-corrected chi connectivity index (χ0v) is 24.1. The average Bonchev–Trinajstić information content (AvgIpc) is 3.10. The minimum atomic E-state index is 0.819. The molecule has 0 spiro atoms. The van der Waals surface area contributed by atoms with E-state index >= 15 is 0 Å². The highest BCUT2D eigenvalue weighted by Crippen LogP contribution is 2.44. The molecule has 0 aliphatic carbocycles. The Labute approximate surface area is 256 Å². The van der Waals surface area contributed by atoms with Crippen LogP contribution in [0.2, 0.25) is 0 Å². The van der Waals surface area contributed by atoms with Gasteiger partial charge < -0.3 is 0 Å². The topological polar surface area (TPSA) is 25.2 Å². The Morgan fingerprint density at radius 3 is 1.34 bits per heavy atom. The maximum atomic E-state index is 5.19. The Morgan fingerprint density at radius 2 is 0.841 bits per heavy atom. The second-order valence-electron chi connectivity index (χ2n) is 11.1. The van der Waals surface area contributed by atoms with Crippen LogP contribution in [0, 0.1) is 0 Å². The molecule has 1 heterocycles. The second kappa shape index (κ2) is 11.1. The van der Waals surface area contributed by atoms with E-state index in [1.54, 1.807) is 6.20 Å². The van der Waals surface area contributed by atoms with Gasteiger partial charge in [-0.25, -0.2) is 0 Å². The molecule has 2 heteroatoms. The van der Waals surface area contributed by atoms with Crippen molar-refractivity contribution in [1.29, 1.82) is 0 Å². The summed E-state index contributed by atoms with van der Waals surface area (Å²) in [6.07, 6.45) is 3.68. The van der Waals surface area contributed by atoms with Gasteiger partial charge in [-0.3, -0.25) is 9.98 Å². The fourth-order valence-electron chi connectivity index (χ4n) is 6.05. The summed E-state index contributed by atoms with van der Waals surface area (Å²) >= 11 is 0. The van der Waals surface area contributed by atoms with Crippen molar-refractivity contribution in [2.24, 2.45) is 4.99 Å². The molecular weight excluding hydrogens is 532 g/mol. The van der Waals surface area contributed by atoms with Crippen LogP contribution in [-0.4, -0.2) is 11.2 Å². The van der Waals surface area contributed by atoms with E-state index in [1.807, 2.05) is 24.4 Å². The van der Waals surface area contributed by atoms with E-state index in [9.17, 15) is 0 Å². The number of rotatable bonds is 5. The summed E-state index contributed by atoms with van der Waals surface area (Å²) in [5.41, 5.74) is 8.48. The Kier molecular flexibility index (Phi) is 6.51. The molecule has 206 valence electrons. The summed E-state index contributed by atoms with van der Waals surface area (Å²) in [5.74, 6) is 0. The first-order chi connectivity index (χ1) is 21.8. The lowest BCUT2D eigenvalue weighted by molar-refractivity contribution is 1.30. The lowest BCUT2D eigenvalue weighted by Crippen LogP contribution is -1.91. The Morgan fingerprint density at radius 1 is 0.386 bits per heavy atom. The third-order valence-corrected chi connectivity index (χ3v) is 8.33. The van der Waals surface area contributed by atoms with Crippen molar-refractivity contribution in [2.75, 3.05) is 0 Å². The third kappa shape index (κ3) is 4.93. The molecule has 0 fully saturated rings. The first kappa shape index (κ1) is 25.8. The summed E-state index contributed by atoms with van der Waals surface area (Å²) in [6.45, 7) is 0. The zero-order valence-electron chi connectivity index (χ0n) is 24.1. The maximum Gasteiger partial charge on any atom is 0.0812 e. The van der Waals surface area contributed by atoms with Gasteiger partial charge in [0.15, 0.2) is 0 Å². The molecule has 0 bridgehead atoms. The quantitative estimate of drug-likeness (QED) is 0.192. The van der Waals surface area contributed by atoms with Crippen LogP contribution in [0.5, 0.6) is 0 Å². The smallest absolute Gasteiger partial charge is 0.0812 e. The third-order valence-electron chi connectivity index (χ3n) is 8.33. The fourth-order valence-corrected chi connectivity index (χ4v) is 6.05. The van der Waals surface area contributed by atoms with Crippen LogP contribution < -0.4 is 0 Å². The molecule has 8 rings (SSSR count). The Balaban J connectivity index is 1.42. The van der Waals surface area contributed by atoms with Gasteiger partial charge in [0.25, 0.3) is 0 Å². The molecule has 0 saturated heterocycles. The normalized spacial score (nSPS) is 11.5. The minimum absolute atomic E-state index is 0.819. The second-order valence-corrected chi connectivity index (χ2v) is 11.1. The van der Waals surface area contributed by atoms with E-state index in [0.717, 1.165) is 39.2 Å². The van der Waals surface area contributed by atoms with Gasteiger partial charge in [0.2, 0.25) is 0 Å². The molecule has 0 radical (unpaired) electrons. The van der Waals surface area contributed by atoms with E-state index < -0.39 is 0 Å². The average molecular weight is 561 g/mol. The number of aromatic nitrogens is 1. The molecule has 0 amide bonds. The van der Waals surface area contributed by atoms with Gasteiger partial charge in [0.05, 0.1) is 17.6 Å². The van der Waals surface area contributed by atoms with Gasteiger partial charge in [-0.1, -0.05) is 115 Å². The molecule has 1 aromatic heterocycles. The first-order valence-electron chi connectivity index (χ1n) is 14.9. The molecule has 2 nitrogen and oxygen atoms in total. The minimum Gasteiger partial charge on any atom is -0.255 e. The van der Waals surface area contributed by atoms with E-state index in [2.05, 4.69) is 145 Å². The summed E-state index contributed by atoms with van der Waals surface area (Å²) in [4.78, 5) is 9.71. The molecule has 0 N–H and O–H groups in total. The number of benzene rings is 7. The van der Waals surface area contributed by atoms with Crippen LogP contribution in [-0.2, 0) is 0 Å². The summed E-state index contributed by atoms with van der Waals surface area (Å²) in [6, 6.07) is 56.2. The Hall–Kier alpha value is -5.86. The lowest BCUT2D eigenvalue weighted by atomic mass is 9.89. The van der Waals surface area contributed by atoms with E-state index in [-0.39, 0.29) is 0 Å². The van der Waals surface area contributed by atoms with Crippen molar-refractivity contribution in [3.8, 4) is 33.4 Å². The highest BCUT2D eigenvalue weighted by atomic mass is 14.8. The molecule has 0 aliphatic heterocycles. The number of nitrogens with zero attached hydrogens (tertiary/aromatic N) is 2. The van der Waals surface area contributed by atoms with Gasteiger partial charge in [0.1, 0.15) is 0 Å². The molecule has 8 aromatic rings. The van der Waals surface area contributed by atoms with Crippen LogP contribution in [0.15, 0.2) is 169 Å². The molecular formula is C42H28N2. The van der Waals surface area contributed by atoms with Crippen molar-refractivity contribution in [3.63, 3.8) is 0 Å². The van der Waals surface area contributed by atoms with Gasteiger partial charge in [0, 0.05) is 17.3 Å². The predicted octanol–water partition coefficient (Wildman–Crippen LogP) is 11.3. The zero-order chi connectivity index (χ0) is 29.3. The largest absolute Gasteiger partial charge is 0.255 e. The SMILES string of the molecule is C(=N\c1c(-c2ccc3ccccc3c2)cc(-c2ccc3ccccc3c2)cc1-c1ccc2ccccc2c1)/c1ccccn1. The van der Waals surface area contributed by atoms with Crippen molar-refractivity contribution >= 4 is 44.2 Å². The standard InChI is InChI=1S/C42H28N2/c1-4-12-32-23-35(19-16-29(32)9-1)38-26-40(36-20-17-30-10-2-5-13-33(30)24-36)42(44-28-39-15-7-8-22-43-39)41(27-38)37-21-18-31-11-3-6-14-34(31)25-37/h1-28H/b44-28+. The molecule has 7 aromatic carbocycles. The Bertz CT molecular complexity index is 2230. The predicted molar refractivity (Wildman–Crippen MR) is 187 cm³/mol. The lowest BCUT2D eigenvalue weighted by Gasteiger charge is -2.17. The van der Waals surface area contributed by atoms with Gasteiger partial charge in [-0.05, 0) is 97.0 Å². The number of pyridine rings is 1. The maximum absolute atomic E-state index is 5.19. The molecule has 0 saturated carbocycles. The number of hydrogen-bond acceptors (Lipinski definition) is 2. The van der Waals surface area contributed by atoms with E-state index in [4.69, 9.17) is 4.99 Å². The van der Waals surface area contributed by atoms with Crippen molar-refractivity contribution in [3.05, 3.63) is 170 Å². The van der Waals surface area contributed by atoms with Crippen LogP contribution >= 0.6 is 0 Å². The van der Waals surface area contributed by atoms with Gasteiger partial charge in [-0.15, -0.1) is 0 Å². The van der Waals surface area contributed by atoms with E-state index in [0.29, 0.717) is 0 Å². The number of hydrogen-bond donors (Lipinski definition) is 0. The molecule has 0 atom stereocenters. The highest BCUT2D eigenvalue weighted by molar-refractivity contribution is 6.00. The summed E-state index contributed by atoms with van der Waals surface area (Å²) < 4.78 is 0. The van der Waals surface area contributed by atoms with Gasteiger partial charge in [-0.2, -0.15) is 0 Å². The number of fused-ring (bicyclic) bond motifs is 3. The summed E-state index contributed by atoms with van der Waals surface area (Å²) in [7, 11) is 0. The van der Waals surface area contributed by atoms with Crippen LogP contribution in [0.1, 0.15) is 5.69 Å². The highest BCUT2D eigenvalue weighted by Gasteiger charge is 2.16.